The number of hydrogen-bond acceptors (Lipinski definition) is 6. The normalized spacial score (nSPS) is 16.5. The van der Waals surface area contributed by atoms with Crippen molar-refractivity contribution >= 4 is 28.4 Å². The summed E-state index contributed by atoms with van der Waals surface area (Å²) >= 11 is 0. The summed E-state index contributed by atoms with van der Waals surface area (Å²) in [6.07, 6.45) is 2.40. The monoisotopic (exact) mass is 445 g/mol. The van der Waals surface area contributed by atoms with E-state index in [4.69, 9.17) is 9.72 Å². The first-order chi connectivity index (χ1) is 16.1. The first-order valence-electron chi connectivity index (χ1n) is 11.9. The van der Waals surface area contributed by atoms with Crippen LogP contribution in [0.3, 0.4) is 0 Å². The molecule has 2 aromatic carbocycles. The standard InChI is InChI=1S/C26H31N5O2/c1-3-33-22-11-10-20-8-4-5-9-21(20)24(22)25(32)30-16-14-29(15-17-30)23-18-19(2)27-26(28-23)31-12-6-7-13-31/h4-5,8-11,18H,3,6-7,12-17H2,1-2H3. The number of anilines is 2. The molecule has 7 nitrogen and oxygen atoms in total. The van der Waals surface area contributed by atoms with Crippen molar-refractivity contribution in [1.29, 1.82) is 0 Å². The minimum atomic E-state index is 0.0338. The van der Waals surface area contributed by atoms with Gasteiger partial charge in [-0.1, -0.05) is 30.3 Å². The van der Waals surface area contributed by atoms with E-state index in [9.17, 15) is 4.79 Å². The van der Waals surface area contributed by atoms with Gasteiger partial charge in [-0.15, -0.1) is 0 Å². The third-order valence-electron chi connectivity index (χ3n) is 6.51. The molecule has 33 heavy (non-hydrogen) atoms. The van der Waals surface area contributed by atoms with Crippen LogP contribution in [0.2, 0.25) is 0 Å². The van der Waals surface area contributed by atoms with Crippen molar-refractivity contribution in [2.45, 2.75) is 26.7 Å². The third-order valence-corrected chi connectivity index (χ3v) is 6.51. The Hall–Kier alpha value is -3.35. The number of ether oxygens (including phenoxy) is 1. The molecule has 2 aliphatic heterocycles. The van der Waals surface area contributed by atoms with Crippen LogP contribution in [-0.4, -0.2) is 66.7 Å². The lowest BCUT2D eigenvalue weighted by Gasteiger charge is -2.36. The van der Waals surface area contributed by atoms with Gasteiger partial charge in [0, 0.05) is 51.0 Å². The third kappa shape index (κ3) is 4.32. The molecule has 5 rings (SSSR count). The van der Waals surface area contributed by atoms with Crippen molar-refractivity contribution in [1.82, 2.24) is 14.9 Å². The van der Waals surface area contributed by atoms with Gasteiger partial charge in [0.1, 0.15) is 11.6 Å². The van der Waals surface area contributed by atoms with Gasteiger partial charge in [0.05, 0.1) is 12.2 Å². The first kappa shape index (κ1) is 21.5. The van der Waals surface area contributed by atoms with Crippen LogP contribution < -0.4 is 14.5 Å². The summed E-state index contributed by atoms with van der Waals surface area (Å²) in [5.74, 6) is 2.48. The number of hydrogen-bond donors (Lipinski definition) is 0. The smallest absolute Gasteiger partial charge is 0.258 e. The predicted octanol–water partition coefficient (Wildman–Crippen LogP) is 3.90. The zero-order valence-electron chi connectivity index (χ0n) is 19.5. The van der Waals surface area contributed by atoms with E-state index in [2.05, 4.69) is 20.9 Å². The van der Waals surface area contributed by atoms with Crippen molar-refractivity contribution in [2.24, 2.45) is 0 Å². The molecule has 2 aliphatic rings. The highest BCUT2D eigenvalue weighted by molar-refractivity contribution is 6.09. The van der Waals surface area contributed by atoms with E-state index in [1.165, 1.54) is 12.8 Å². The summed E-state index contributed by atoms with van der Waals surface area (Å²) in [5.41, 5.74) is 1.65. The second-order valence-electron chi connectivity index (χ2n) is 8.73. The van der Waals surface area contributed by atoms with Crippen LogP contribution in [0.15, 0.2) is 42.5 Å². The molecule has 3 aromatic rings. The SMILES string of the molecule is CCOc1ccc2ccccc2c1C(=O)N1CCN(c2cc(C)nc(N3CCCC3)n2)CC1. The molecule has 0 saturated carbocycles. The minimum Gasteiger partial charge on any atom is -0.493 e. The van der Waals surface area contributed by atoms with E-state index in [-0.39, 0.29) is 5.91 Å². The van der Waals surface area contributed by atoms with Gasteiger partial charge in [-0.2, -0.15) is 4.98 Å². The van der Waals surface area contributed by atoms with Gasteiger partial charge in [0.2, 0.25) is 5.95 Å². The highest BCUT2D eigenvalue weighted by atomic mass is 16.5. The van der Waals surface area contributed by atoms with E-state index >= 15 is 0 Å². The zero-order valence-corrected chi connectivity index (χ0v) is 19.5. The van der Waals surface area contributed by atoms with Crippen LogP contribution in [0.4, 0.5) is 11.8 Å². The van der Waals surface area contributed by atoms with Crippen molar-refractivity contribution in [2.75, 3.05) is 55.7 Å². The van der Waals surface area contributed by atoms with Crippen LogP contribution in [0.5, 0.6) is 5.75 Å². The second-order valence-corrected chi connectivity index (χ2v) is 8.73. The Labute approximate surface area is 195 Å². The maximum absolute atomic E-state index is 13.6. The van der Waals surface area contributed by atoms with Crippen LogP contribution in [0.25, 0.3) is 10.8 Å². The molecule has 3 heterocycles. The maximum atomic E-state index is 13.6. The van der Waals surface area contributed by atoms with E-state index in [0.717, 1.165) is 54.4 Å². The van der Waals surface area contributed by atoms with Crippen molar-refractivity contribution in [3.05, 3.63) is 53.7 Å². The van der Waals surface area contributed by atoms with Crippen LogP contribution in [0.1, 0.15) is 35.8 Å². The summed E-state index contributed by atoms with van der Waals surface area (Å²) in [5, 5.41) is 1.99. The molecule has 1 amide bonds. The van der Waals surface area contributed by atoms with Gasteiger partial charge in [0.25, 0.3) is 5.91 Å². The number of rotatable bonds is 5. The topological polar surface area (TPSA) is 61.8 Å². The molecule has 0 atom stereocenters. The Morgan fingerprint density at radius 2 is 1.70 bits per heavy atom. The molecule has 2 saturated heterocycles. The molecule has 0 N–H and O–H groups in total. The van der Waals surface area contributed by atoms with E-state index in [1.807, 2.05) is 55.1 Å². The number of carbonyl (C=O) groups is 1. The number of aromatic nitrogens is 2. The largest absolute Gasteiger partial charge is 0.493 e. The average molecular weight is 446 g/mol. The molecule has 0 bridgehead atoms. The van der Waals surface area contributed by atoms with E-state index in [0.29, 0.717) is 31.0 Å². The Morgan fingerprint density at radius 3 is 2.45 bits per heavy atom. The molecule has 7 heteroatoms. The first-order valence-corrected chi connectivity index (χ1v) is 11.9. The number of amides is 1. The highest BCUT2D eigenvalue weighted by Crippen LogP contribution is 2.30. The minimum absolute atomic E-state index is 0.0338. The molecule has 1 aromatic heterocycles. The lowest BCUT2D eigenvalue weighted by atomic mass is 10.0. The lowest BCUT2D eigenvalue weighted by Crippen LogP contribution is -2.49. The number of nitrogens with zero attached hydrogens (tertiary/aromatic N) is 5. The molecule has 2 fully saturated rings. The van der Waals surface area contributed by atoms with Crippen LogP contribution in [-0.2, 0) is 0 Å². The van der Waals surface area contributed by atoms with Crippen LogP contribution >= 0.6 is 0 Å². The zero-order chi connectivity index (χ0) is 22.8. The van der Waals surface area contributed by atoms with Gasteiger partial charge in [0.15, 0.2) is 0 Å². The highest BCUT2D eigenvalue weighted by Gasteiger charge is 2.27. The summed E-state index contributed by atoms with van der Waals surface area (Å²) in [4.78, 5) is 29.6. The quantitative estimate of drug-likeness (QED) is 0.594. The predicted molar refractivity (Wildman–Crippen MR) is 131 cm³/mol. The van der Waals surface area contributed by atoms with Crippen molar-refractivity contribution < 1.29 is 9.53 Å². The molecule has 0 aliphatic carbocycles. The fraction of sp³-hybridized carbons (Fsp3) is 0.423. The summed E-state index contributed by atoms with van der Waals surface area (Å²) < 4.78 is 5.84. The number of benzene rings is 2. The Balaban J connectivity index is 1.35. The number of fused-ring (bicyclic) bond motifs is 1. The van der Waals surface area contributed by atoms with Gasteiger partial charge in [-0.3, -0.25) is 4.79 Å². The number of piperazine rings is 1. The van der Waals surface area contributed by atoms with Gasteiger partial charge in [-0.05, 0) is 43.5 Å². The fourth-order valence-electron chi connectivity index (χ4n) is 4.80. The van der Waals surface area contributed by atoms with E-state index < -0.39 is 0 Å². The van der Waals surface area contributed by atoms with Gasteiger partial charge in [-0.25, -0.2) is 4.98 Å². The Kier molecular flexibility index (Phi) is 6.03. The lowest BCUT2D eigenvalue weighted by molar-refractivity contribution is 0.0744. The molecular formula is C26H31N5O2. The molecule has 172 valence electrons. The van der Waals surface area contributed by atoms with Crippen molar-refractivity contribution in [3.63, 3.8) is 0 Å². The van der Waals surface area contributed by atoms with E-state index in [1.54, 1.807) is 0 Å². The Bertz CT molecular complexity index is 1150. The molecule has 0 spiro atoms. The second kappa shape index (κ2) is 9.25. The van der Waals surface area contributed by atoms with Gasteiger partial charge < -0.3 is 19.4 Å². The number of carbonyl (C=O) groups excluding carboxylic acids is 1. The molecular weight excluding hydrogens is 414 g/mol. The maximum Gasteiger partial charge on any atom is 0.258 e. The van der Waals surface area contributed by atoms with Crippen molar-refractivity contribution in [3.8, 4) is 5.75 Å². The summed E-state index contributed by atoms with van der Waals surface area (Å²) in [6.45, 7) is 9.34. The molecule has 0 unspecified atom stereocenters. The summed E-state index contributed by atoms with van der Waals surface area (Å²) in [7, 11) is 0. The van der Waals surface area contributed by atoms with Gasteiger partial charge >= 0.3 is 0 Å². The number of aryl methyl sites for hydroxylation is 1. The Morgan fingerprint density at radius 1 is 0.939 bits per heavy atom. The average Bonchev–Trinajstić information content (AvgIpc) is 3.39. The fourth-order valence-corrected chi connectivity index (χ4v) is 4.80. The summed E-state index contributed by atoms with van der Waals surface area (Å²) in [6, 6.07) is 14.0. The van der Waals surface area contributed by atoms with Crippen LogP contribution in [0, 0.1) is 6.92 Å². The molecule has 0 radical (unpaired) electrons.